The molecule has 2 aliphatic heterocycles. The Morgan fingerprint density at radius 2 is 2.26 bits per heavy atom. The van der Waals surface area contributed by atoms with Crippen LogP contribution in [0.1, 0.15) is 19.8 Å². The molecule has 0 N–H and O–H groups in total. The van der Waals surface area contributed by atoms with Gasteiger partial charge in [0.1, 0.15) is 11.9 Å². The summed E-state index contributed by atoms with van der Waals surface area (Å²) in [5.41, 5.74) is 2.00. The molecule has 1 amide bonds. The fraction of sp³-hybridized carbons (Fsp3) is 0.529. The molecule has 2 heterocycles. The fourth-order valence-electron chi connectivity index (χ4n) is 3.01. The number of amides is 1. The van der Waals surface area contributed by atoms with Crippen molar-refractivity contribution in [1.82, 2.24) is 4.90 Å². The van der Waals surface area contributed by atoms with E-state index in [1.165, 1.54) is 0 Å². The van der Waals surface area contributed by atoms with Crippen LogP contribution in [-0.4, -0.2) is 55.9 Å². The number of carbonyl (C=O) groups excluding carboxylic acids is 1. The molecule has 0 saturated carbocycles. The number of ether oxygens (including phenoxy) is 1. The molecule has 0 bridgehead atoms. The Kier molecular flexibility index (Phi) is 4.81. The van der Waals surface area contributed by atoms with E-state index in [1.807, 2.05) is 29.2 Å². The molecule has 0 unspecified atom stereocenters. The van der Waals surface area contributed by atoms with E-state index in [2.05, 4.69) is 17.0 Å². The molecule has 1 fully saturated rings. The standard InChI is InChI=1S/C17H23N3O3/c1-3-13-9-16(23-18-13)11-19-7-8-20(17(21)12-19)14-5-4-6-15(10-14)22-2/h4-6,10,16H,3,7-9,11-12H2,1-2H3/t16-/m1/s1. The van der Waals surface area contributed by atoms with Gasteiger partial charge < -0.3 is 14.5 Å². The van der Waals surface area contributed by atoms with Crippen molar-refractivity contribution in [3.63, 3.8) is 0 Å². The number of anilines is 1. The zero-order chi connectivity index (χ0) is 16.2. The van der Waals surface area contributed by atoms with Crippen LogP contribution in [0.4, 0.5) is 5.69 Å². The second-order valence-corrected chi connectivity index (χ2v) is 5.92. The van der Waals surface area contributed by atoms with Gasteiger partial charge in [0.05, 0.1) is 19.4 Å². The molecule has 124 valence electrons. The molecule has 1 aromatic rings. The van der Waals surface area contributed by atoms with Crippen molar-refractivity contribution >= 4 is 17.3 Å². The highest BCUT2D eigenvalue weighted by Crippen LogP contribution is 2.23. The maximum atomic E-state index is 12.5. The fourth-order valence-corrected chi connectivity index (χ4v) is 3.01. The minimum absolute atomic E-state index is 0.0844. The molecule has 1 atom stereocenters. The number of benzene rings is 1. The predicted octanol–water partition coefficient (Wildman–Crippen LogP) is 1.90. The van der Waals surface area contributed by atoms with Crippen LogP contribution in [0.2, 0.25) is 0 Å². The summed E-state index contributed by atoms with van der Waals surface area (Å²) < 4.78 is 5.23. The predicted molar refractivity (Wildman–Crippen MR) is 89.0 cm³/mol. The summed E-state index contributed by atoms with van der Waals surface area (Å²) in [7, 11) is 1.63. The van der Waals surface area contributed by atoms with Gasteiger partial charge in [-0.25, -0.2) is 0 Å². The molecule has 0 aliphatic carbocycles. The Morgan fingerprint density at radius 1 is 1.39 bits per heavy atom. The Labute approximate surface area is 136 Å². The van der Waals surface area contributed by atoms with Gasteiger partial charge in [-0.2, -0.15) is 0 Å². The third kappa shape index (κ3) is 3.64. The van der Waals surface area contributed by atoms with E-state index < -0.39 is 0 Å². The third-order valence-corrected chi connectivity index (χ3v) is 4.33. The van der Waals surface area contributed by atoms with Crippen molar-refractivity contribution < 1.29 is 14.4 Å². The minimum atomic E-state index is 0.0844. The van der Waals surface area contributed by atoms with Crippen LogP contribution in [0.3, 0.4) is 0 Å². The molecule has 0 radical (unpaired) electrons. The Morgan fingerprint density at radius 3 is 2.96 bits per heavy atom. The van der Waals surface area contributed by atoms with E-state index in [0.717, 1.165) is 43.1 Å². The summed E-state index contributed by atoms with van der Waals surface area (Å²) in [5.74, 6) is 0.875. The summed E-state index contributed by atoms with van der Waals surface area (Å²) in [6.45, 7) is 4.77. The second kappa shape index (κ2) is 7.00. The highest BCUT2D eigenvalue weighted by atomic mass is 16.6. The largest absolute Gasteiger partial charge is 0.497 e. The van der Waals surface area contributed by atoms with Gasteiger partial charge in [0.2, 0.25) is 5.91 Å². The van der Waals surface area contributed by atoms with E-state index in [9.17, 15) is 4.79 Å². The van der Waals surface area contributed by atoms with Crippen LogP contribution in [-0.2, 0) is 9.63 Å². The van der Waals surface area contributed by atoms with E-state index in [0.29, 0.717) is 13.1 Å². The molecule has 6 nitrogen and oxygen atoms in total. The number of nitrogens with zero attached hydrogens (tertiary/aromatic N) is 3. The quantitative estimate of drug-likeness (QED) is 0.832. The molecule has 0 spiro atoms. The SMILES string of the molecule is CCC1=NO[C@@H](CN2CCN(c3cccc(OC)c3)C(=O)C2)C1. The van der Waals surface area contributed by atoms with Crippen LogP contribution >= 0.6 is 0 Å². The molecule has 1 saturated heterocycles. The summed E-state index contributed by atoms with van der Waals surface area (Å²) >= 11 is 0. The lowest BCUT2D eigenvalue weighted by molar-refractivity contribution is -0.121. The van der Waals surface area contributed by atoms with E-state index in [4.69, 9.17) is 9.57 Å². The van der Waals surface area contributed by atoms with Gasteiger partial charge in [-0.3, -0.25) is 9.69 Å². The summed E-state index contributed by atoms with van der Waals surface area (Å²) in [6, 6.07) is 7.63. The number of piperazine rings is 1. The van der Waals surface area contributed by atoms with Crippen molar-refractivity contribution in [2.45, 2.75) is 25.9 Å². The zero-order valence-electron chi connectivity index (χ0n) is 13.7. The van der Waals surface area contributed by atoms with E-state index in [-0.39, 0.29) is 12.0 Å². The van der Waals surface area contributed by atoms with Crippen LogP contribution in [0, 0.1) is 0 Å². The molecule has 6 heteroatoms. The molecular weight excluding hydrogens is 294 g/mol. The number of rotatable bonds is 5. The Balaban J connectivity index is 1.56. The van der Waals surface area contributed by atoms with Crippen molar-refractivity contribution in [2.24, 2.45) is 5.16 Å². The maximum absolute atomic E-state index is 12.5. The average molecular weight is 317 g/mol. The molecule has 23 heavy (non-hydrogen) atoms. The summed E-state index contributed by atoms with van der Waals surface area (Å²) in [4.78, 5) is 21.9. The monoisotopic (exact) mass is 317 g/mol. The van der Waals surface area contributed by atoms with Crippen molar-refractivity contribution in [3.8, 4) is 5.75 Å². The van der Waals surface area contributed by atoms with E-state index >= 15 is 0 Å². The number of hydrogen-bond acceptors (Lipinski definition) is 5. The summed E-state index contributed by atoms with van der Waals surface area (Å²) in [6.07, 6.45) is 1.89. The molecule has 3 rings (SSSR count). The lowest BCUT2D eigenvalue weighted by atomic mass is 10.1. The second-order valence-electron chi connectivity index (χ2n) is 5.92. The normalized spacial score (nSPS) is 22.0. The van der Waals surface area contributed by atoms with Crippen LogP contribution < -0.4 is 9.64 Å². The first kappa shape index (κ1) is 15.8. The van der Waals surface area contributed by atoms with Gasteiger partial charge in [-0.1, -0.05) is 18.1 Å². The highest BCUT2D eigenvalue weighted by molar-refractivity contribution is 5.95. The van der Waals surface area contributed by atoms with Crippen molar-refractivity contribution in [1.29, 1.82) is 0 Å². The van der Waals surface area contributed by atoms with Crippen LogP contribution in [0.5, 0.6) is 5.75 Å². The van der Waals surface area contributed by atoms with Crippen LogP contribution in [0.15, 0.2) is 29.4 Å². The van der Waals surface area contributed by atoms with Gasteiger partial charge in [-0.15, -0.1) is 0 Å². The van der Waals surface area contributed by atoms with Crippen LogP contribution in [0.25, 0.3) is 0 Å². The smallest absolute Gasteiger partial charge is 0.241 e. The van der Waals surface area contributed by atoms with Gasteiger partial charge in [0.25, 0.3) is 0 Å². The number of hydrogen-bond donors (Lipinski definition) is 0. The molecule has 2 aliphatic rings. The van der Waals surface area contributed by atoms with E-state index in [1.54, 1.807) is 7.11 Å². The lowest BCUT2D eigenvalue weighted by Gasteiger charge is -2.35. The van der Waals surface area contributed by atoms with Crippen molar-refractivity contribution in [3.05, 3.63) is 24.3 Å². The molecular formula is C17H23N3O3. The first-order valence-corrected chi connectivity index (χ1v) is 8.08. The first-order chi connectivity index (χ1) is 11.2. The maximum Gasteiger partial charge on any atom is 0.241 e. The topological polar surface area (TPSA) is 54.4 Å². The minimum Gasteiger partial charge on any atom is -0.497 e. The van der Waals surface area contributed by atoms with Gasteiger partial charge in [0, 0.05) is 37.8 Å². The number of methoxy groups -OCH3 is 1. The lowest BCUT2D eigenvalue weighted by Crippen LogP contribution is -2.52. The Hall–Kier alpha value is -2.08. The molecule has 1 aromatic carbocycles. The van der Waals surface area contributed by atoms with Gasteiger partial charge >= 0.3 is 0 Å². The molecule has 0 aromatic heterocycles. The number of carbonyl (C=O) groups is 1. The first-order valence-electron chi connectivity index (χ1n) is 8.08. The highest BCUT2D eigenvalue weighted by Gasteiger charge is 2.29. The third-order valence-electron chi connectivity index (χ3n) is 4.33. The summed E-state index contributed by atoms with van der Waals surface area (Å²) in [5, 5.41) is 4.08. The van der Waals surface area contributed by atoms with Gasteiger partial charge in [0.15, 0.2) is 0 Å². The number of oxime groups is 1. The van der Waals surface area contributed by atoms with Crippen molar-refractivity contribution in [2.75, 3.05) is 38.2 Å². The zero-order valence-corrected chi connectivity index (χ0v) is 13.7. The average Bonchev–Trinajstić information content (AvgIpc) is 3.02. The van der Waals surface area contributed by atoms with Gasteiger partial charge in [-0.05, 0) is 18.6 Å². The Bertz CT molecular complexity index is 603.